The fraction of sp³-hybridized carbons (Fsp3) is 0.0667. The average molecular weight is 233 g/mol. The van der Waals surface area contributed by atoms with E-state index in [-0.39, 0.29) is 0 Å². The van der Waals surface area contributed by atoms with Gasteiger partial charge in [0.15, 0.2) is 0 Å². The molecule has 0 radical (unpaired) electrons. The van der Waals surface area contributed by atoms with Crippen molar-refractivity contribution >= 4 is 10.9 Å². The lowest BCUT2D eigenvalue weighted by molar-refractivity contribution is 0.889. The molecule has 18 heavy (non-hydrogen) atoms. The minimum absolute atomic E-state index is 0.659. The van der Waals surface area contributed by atoms with Crippen LogP contribution in [0.2, 0.25) is 0 Å². The Morgan fingerprint density at radius 1 is 1.06 bits per heavy atom. The number of nitrogens with zero attached hydrogens (tertiary/aromatic N) is 3. The van der Waals surface area contributed by atoms with Crippen molar-refractivity contribution in [2.75, 3.05) is 0 Å². The highest BCUT2D eigenvalue weighted by molar-refractivity contribution is 5.83. The van der Waals surface area contributed by atoms with Crippen molar-refractivity contribution in [3.63, 3.8) is 0 Å². The van der Waals surface area contributed by atoms with Crippen molar-refractivity contribution in [2.24, 2.45) is 0 Å². The first-order valence-corrected chi connectivity index (χ1v) is 5.74. The quantitative estimate of drug-likeness (QED) is 0.647. The zero-order valence-corrected chi connectivity index (χ0v) is 9.96. The van der Waals surface area contributed by atoms with E-state index >= 15 is 0 Å². The molecule has 3 aromatic rings. The van der Waals surface area contributed by atoms with E-state index in [4.69, 9.17) is 5.26 Å². The van der Waals surface area contributed by atoms with Gasteiger partial charge < -0.3 is 0 Å². The van der Waals surface area contributed by atoms with E-state index in [9.17, 15) is 0 Å². The highest BCUT2D eigenvalue weighted by Gasteiger charge is 2.07. The third-order valence-electron chi connectivity index (χ3n) is 3.01. The fourth-order valence-corrected chi connectivity index (χ4v) is 2.10. The van der Waals surface area contributed by atoms with Gasteiger partial charge in [-0.25, -0.2) is 4.68 Å². The molecule has 0 bridgehead atoms. The van der Waals surface area contributed by atoms with Crippen molar-refractivity contribution in [1.29, 1.82) is 5.26 Å². The Morgan fingerprint density at radius 3 is 2.50 bits per heavy atom. The van der Waals surface area contributed by atoms with Crippen LogP contribution in [0.5, 0.6) is 0 Å². The summed E-state index contributed by atoms with van der Waals surface area (Å²) in [5.74, 6) is 0. The van der Waals surface area contributed by atoms with Gasteiger partial charge in [0, 0.05) is 5.39 Å². The molecule has 0 fully saturated rings. The molecule has 2 aromatic carbocycles. The molecule has 1 aromatic heterocycles. The summed E-state index contributed by atoms with van der Waals surface area (Å²) in [6.45, 7) is 2.00. The first-order valence-electron chi connectivity index (χ1n) is 5.74. The molecular formula is C15H11N3. The third kappa shape index (κ3) is 1.56. The lowest BCUT2D eigenvalue weighted by atomic mass is 10.2. The summed E-state index contributed by atoms with van der Waals surface area (Å²) in [4.78, 5) is 0. The number of hydrogen-bond donors (Lipinski definition) is 0. The second-order valence-corrected chi connectivity index (χ2v) is 4.17. The number of nitriles is 1. The van der Waals surface area contributed by atoms with E-state index in [0.717, 1.165) is 22.3 Å². The molecule has 0 N–H and O–H groups in total. The van der Waals surface area contributed by atoms with Gasteiger partial charge in [0.05, 0.1) is 28.5 Å². The molecule has 1 heterocycles. The maximum absolute atomic E-state index is 8.80. The van der Waals surface area contributed by atoms with Gasteiger partial charge in [-0.15, -0.1) is 0 Å². The predicted molar refractivity (Wildman–Crippen MR) is 70.5 cm³/mol. The Bertz CT molecular complexity index is 745. The smallest absolute Gasteiger partial charge is 0.0991 e. The van der Waals surface area contributed by atoms with E-state index in [1.165, 1.54) is 0 Å². The molecule has 0 saturated heterocycles. The minimum Gasteiger partial charge on any atom is -0.233 e. The van der Waals surface area contributed by atoms with E-state index in [1.807, 2.05) is 41.9 Å². The van der Waals surface area contributed by atoms with Gasteiger partial charge in [-0.2, -0.15) is 10.4 Å². The van der Waals surface area contributed by atoms with Gasteiger partial charge in [0.1, 0.15) is 0 Å². The Balaban J connectivity index is 2.22. The molecule has 0 unspecified atom stereocenters. The minimum atomic E-state index is 0.659. The van der Waals surface area contributed by atoms with Gasteiger partial charge >= 0.3 is 0 Å². The van der Waals surface area contributed by atoms with Crippen LogP contribution in [0.15, 0.2) is 48.5 Å². The Morgan fingerprint density at radius 2 is 1.78 bits per heavy atom. The van der Waals surface area contributed by atoms with Crippen LogP contribution in [0.1, 0.15) is 11.3 Å². The van der Waals surface area contributed by atoms with Crippen LogP contribution < -0.4 is 0 Å². The first kappa shape index (κ1) is 10.5. The number of fused-ring (bicyclic) bond motifs is 1. The zero-order valence-electron chi connectivity index (χ0n) is 9.96. The number of rotatable bonds is 1. The normalized spacial score (nSPS) is 10.4. The van der Waals surface area contributed by atoms with Gasteiger partial charge in [-0.05, 0) is 37.3 Å². The molecule has 0 amide bonds. The Labute approximate surface area is 105 Å². The SMILES string of the molecule is Cc1nn(-c2ccc(C#N)cc2)c2ccccc12. The van der Waals surface area contributed by atoms with Crippen LogP contribution in [0.25, 0.3) is 16.6 Å². The van der Waals surface area contributed by atoms with E-state index in [2.05, 4.69) is 17.2 Å². The number of para-hydroxylation sites is 1. The maximum atomic E-state index is 8.80. The van der Waals surface area contributed by atoms with Crippen molar-refractivity contribution in [3.8, 4) is 11.8 Å². The second kappa shape index (κ2) is 4.01. The molecular weight excluding hydrogens is 222 g/mol. The highest BCUT2D eigenvalue weighted by Crippen LogP contribution is 2.21. The van der Waals surface area contributed by atoms with Crippen molar-refractivity contribution in [2.45, 2.75) is 6.92 Å². The van der Waals surface area contributed by atoms with Crippen molar-refractivity contribution < 1.29 is 0 Å². The summed E-state index contributed by atoms with van der Waals surface area (Å²) in [5, 5.41) is 14.5. The van der Waals surface area contributed by atoms with E-state index in [0.29, 0.717) is 5.56 Å². The number of benzene rings is 2. The van der Waals surface area contributed by atoms with Crippen LogP contribution in [0.3, 0.4) is 0 Å². The van der Waals surface area contributed by atoms with Gasteiger partial charge in [0.2, 0.25) is 0 Å². The lowest BCUT2D eigenvalue weighted by Gasteiger charge is -2.02. The summed E-state index contributed by atoms with van der Waals surface area (Å²) < 4.78 is 1.91. The Hall–Kier alpha value is -2.60. The fourth-order valence-electron chi connectivity index (χ4n) is 2.10. The summed E-state index contributed by atoms with van der Waals surface area (Å²) in [6.07, 6.45) is 0. The topological polar surface area (TPSA) is 41.6 Å². The van der Waals surface area contributed by atoms with Gasteiger partial charge in [-0.3, -0.25) is 0 Å². The number of aryl methyl sites for hydroxylation is 1. The zero-order chi connectivity index (χ0) is 12.5. The number of aromatic nitrogens is 2. The number of hydrogen-bond acceptors (Lipinski definition) is 2. The average Bonchev–Trinajstić information content (AvgIpc) is 2.77. The monoisotopic (exact) mass is 233 g/mol. The highest BCUT2D eigenvalue weighted by atomic mass is 15.3. The first-order chi connectivity index (χ1) is 8.79. The van der Waals surface area contributed by atoms with Crippen molar-refractivity contribution in [3.05, 3.63) is 59.8 Å². The molecule has 3 heteroatoms. The van der Waals surface area contributed by atoms with Crippen LogP contribution in [-0.4, -0.2) is 9.78 Å². The van der Waals surface area contributed by atoms with Crippen LogP contribution in [0.4, 0.5) is 0 Å². The largest absolute Gasteiger partial charge is 0.233 e. The van der Waals surface area contributed by atoms with E-state index in [1.54, 1.807) is 12.1 Å². The molecule has 86 valence electrons. The summed E-state index contributed by atoms with van der Waals surface area (Å²) in [5.41, 5.74) is 3.72. The van der Waals surface area contributed by atoms with Crippen molar-refractivity contribution in [1.82, 2.24) is 9.78 Å². The molecule has 0 atom stereocenters. The third-order valence-corrected chi connectivity index (χ3v) is 3.01. The Kier molecular flexibility index (Phi) is 2.35. The van der Waals surface area contributed by atoms with Gasteiger partial charge in [0.25, 0.3) is 0 Å². The van der Waals surface area contributed by atoms with Crippen LogP contribution in [-0.2, 0) is 0 Å². The molecule has 3 nitrogen and oxygen atoms in total. The molecule has 0 aliphatic rings. The molecule has 0 aliphatic heterocycles. The summed E-state index contributed by atoms with van der Waals surface area (Å²) in [6, 6.07) is 17.7. The predicted octanol–water partition coefficient (Wildman–Crippen LogP) is 3.21. The summed E-state index contributed by atoms with van der Waals surface area (Å²) >= 11 is 0. The second-order valence-electron chi connectivity index (χ2n) is 4.17. The van der Waals surface area contributed by atoms with Crippen LogP contribution in [0, 0.1) is 18.3 Å². The standard InChI is InChI=1S/C15H11N3/c1-11-14-4-2-3-5-15(14)18(17-11)13-8-6-12(10-16)7-9-13/h2-9H,1H3. The molecule has 3 rings (SSSR count). The lowest BCUT2D eigenvalue weighted by Crippen LogP contribution is -1.96. The summed E-state index contributed by atoms with van der Waals surface area (Å²) in [7, 11) is 0. The maximum Gasteiger partial charge on any atom is 0.0991 e. The van der Waals surface area contributed by atoms with E-state index < -0.39 is 0 Å². The van der Waals surface area contributed by atoms with Gasteiger partial charge in [-0.1, -0.05) is 18.2 Å². The molecule has 0 spiro atoms. The van der Waals surface area contributed by atoms with Crippen LogP contribution >= 0.6 is 0 Å². The molecule has 0 saturated carbocycles. The molecule has 0 aliphatic carbocycles.